The Kier molecular flexibility index (Phi) is 6.15. The summed E-state index contributed by atoms with van der Waals surface area (Å²) in [6.07, 6.45) is 1.07. The number of halogens is 2. The van der Waals surface area contributed by atoms with Crippen LogP contribution in [0.2, 0.25) is 5.02 Å². The maximum atomic E-state index is 13.3. The van der Waals surface area contributed by atoms with E-state index in [1.54, 1.807) is 16.7 Å². The molecule has 0 bridgehead atoms. The lowest BCUT2D eigenvalue weighted by molar-refractivity contribution is 0.584. The van der Waals surface area contributed by atoms with Crippen molar-refractivity contribution in [3.63, 3.8) is 0 Å². The van der Waals surface area contributed by atoms with Crippen LogP contribution in [0.3, 0.4) is 0 Å². The first-order chi connectivity index (χ1) is 12.8. The molecule has 3 aromatic rings. The van der Waals surface area contributed by atoms with Crippen LogP contribution in [0.25, 0.3) is 5.69 Å². The molecule has 6 nitrogen and oxygen atoms in total. The first-order valence-electron chi connectivity index (χ1n) is 7.84. The van der Waals surface area contributed by atoms with E-state index in [0.717, 1.165) is 11.8 Å². The smallest absolute Gasteiger partial charge is 0.209 e. The highest BCUT2D eigenvalue weighted by molar-refractivity contribution is 7.98. The fourth-order valence-corrected chi connectivity index (χ4v) is 3.73. The Bertz CT molecular complexity index is 1020. The van der Waals surface area contributed by atoms with E-state index in [1.807, 2.05) is 24.3 Å². The number of aromatic nitrogens is 3. The van der Waals surface area contributed by atoms with Crippen molar-refractivity contribution in [1.29, 1.82) is 0 Å². The van der Waals surface area contributed by atoms with Gasteiger partial charge in [-0.1, -0.05) is 35.5 Å². The van der Waals surface area contributed by atoms with Crippen LogP contribution in [-0.2, 0) is 22.3 Å². The predicted octanol–water partition coefficient (Wildman–Crippen LogP) is 3.40. The van der Waals surface area contributed by atoms with Crippen LogP contribution in [0.15, 0.2) is 53.7 Å². The number of hydrogen-bond donors (Lipinski definition) is 1. The summed E-state index contributed by atoms with van der Waals surface area (Å²) in [6.45, 7) is -0.0231. The molecular formula is C17H16ClFN4O2S2. The summed E-state index contributed by atoms with van der Waals surface area (Å²) in [4.78, 5) is 0. The lowest BCUT2D eigenvalue weighted by Crippen LogP contribution is -2.23. The highest BCUT2D eigenvalue weighted by Crippen LogP contribution is 2.26. The number of nitrogens with zero attached hydrogens (tertiary/aromatic N) is 3. The number of rotatable bonds is 7. The van der Waals surface area contributed by atoms with Crippen molar-refractivity contribution in [3.8, 4) is 5.69 Å². The standard InChI is InChI=1S/C17H16ClFN4O2S2/c1-27(24,25)20-10-16-21-22-17(23(16)15-8-6-14(19)7-9-15)26-11-12-2-4-13(18)5-3-12/h2-9,20H,10-11H2,1H3. The molecule has 0 saturated carbocycles. The highest BCUT2D eigenvalue weighted by atomic mass is 35.5. The molecule has 27 heavy (non-hydrogen) atoms. The van der Waals surface area contributed by atoms with Crippen molar-refractivity contribution >= 4 is 33.4 Å². The van der Waals surface area contributed by atoms with E-state index in [0.29, 0.717) is 27.4 Å². The highest BCUT2D eigenvalue weighted by Gasteiger charge is 2.16. The molecule has 0 atom stereocenters. The van der Waals surface area contributed by atoms with Gasteiger partial charge in [0.2, 0.25) is 10.0 Å². The molecule has 10 heteroatoms. The number of hydrogen-bond acceptors (Lipinski definition) is 5. The molecule has 142 valence electrons. The van der Waals surface area contributed by atoms with Crippen LogP contribution >= 0.6 is 23.4 Å². The maximum absolute atomic E-state index is 13.3. The fourth-order valence-electron chi connectivity index (χ4n) is 2.28. The van der Waals surface area contributed by atoms with Gasteiger partial charge in [0.05, 0.1) is 12.8 Å². The van der Waals surface area contributed by atoms with Gasteiger partial charge in [-0.2, -0.15) is 0 Å². The van der Waals surface area contributed by atoms with E-state index in [1.165, 1.54) is 23.9 Å². The molecule has 2 aromatic carbocycles. The molecule has 0 aliphatic heterocycles. The topological polar surface area (TPSA) is 76.9 Å². The second kappa shape index (κ2) is 8.39. The number of sulfonamides is 1. The van der Waals surface area contributed by atoms with Crippen LogP contribution in [0.1, 0.15) is 11.4 Å². The van der Waals surface area contributed by atoms with Crippen molar-refractivity contribution in [3.05, 3.63) is 70.8 Å². The van der Waals surface area contributed by atoms with Crippen LogP contribution in [0.5, 0.6) is 0 Å². The van der Waals surface area contributed by atoms with Gasteiger partial charge in [-0.25, -0.2) is 17.5 Å². The minimum Gasteiger partial charge on any atom is -0.273 e. The minimum atomic E-state index is -3.39. The van der Waals surface area contributed by atoms with Crippen LogP contribution in [0.4, 0.5) is 4.39 Å². The number of benzene rings is 2. The summed E-state index contributed by atoms with van der Waals surface area (Å²) in [5.74, 6) is 0.666. The lowest BCUT2D eigenvalue weighted by atomic mass is 10.2. The van der Waals surface area contributed by atoms with E-state index in [2.05, 4.69) is 14.9 Å². The van der Waals surface area contributed by atoms with Gasteiger partial charge < -0.3 is 0 Å². The van der Waals surface area contributed by atoms with E-state index in [4.69, 9.17) is 11.6 Å². The zero-order valence-corrected chi connectivity index (χ0v) is 16.7. The summed E-state index contributed by atoms with van der Waals surface area (Å²) >= 11 is 7.34. The molecule has 0 amide bonds. The quantitative estimate of drug-likeness (QED) is 0.586. The van der Waals surface area contributed by atoms with Crippen LogP contribution < -0.4 is 4.72 Å². The van der Waals surface area contributed by atoms with Crippen molar-refractivity contribution in [1.82, 2.24) is 19.5 Å². The van der Waals surface area contributed by atoms with E-state index >= 15 is 0 Å². The van der Waals surface area contributed by atoms with Crippen molar-refractivity contribution in [2.75, 3.05) is 6.26 Å². The number of nitrogens with one attached hydrogen (secondary N) is 1. The molecule has 0 fully saturated rings. The molecule has 0 spiro atoms. The fraction of sp³-hybridized carbons (Fsp3) is 0.176. The third-order valence-corrected chi connectivity index (χ3v) is 5.48. The Hall–Kier alpha value is -1.94. The average molecular weight is 427 g/mol. The minimum absolute atomic E-state index is 0.0231. The third kappa shape index (κ3) is 5.52. The maximum Gasteiger partial charge on any atom is 0.209 e. The van der Waals surface area contributed by atoms with Gasteiger partial charge in [0.1, 0.15) is 5.82 Å². The molecule has 1 aromatic heterocycles. The molecule has 0 aliphatic rings. The molecule has 0 saturated heterocycles. The SMILES string of the molecule is CS(=O)(=O)NCc1nnc(SCc2ccc(Cl)cc2)n1-c1ccc(F)cc1. The van der Waals surface area contributed by atoms with Crippen molar-refractivity contribution in [2.45, 2.75) is 17.5 Å². The molecule has 1 heterocycles. The second-order valence-corrected chi connectivity index (χ2v) is 8.93. The zero-order valence-electron chi connectivity index (χ0n) is 14.3. The van der Waals surface area contributed by atoms with Gasteiger partial charge in [-0.3, -0.25) is 4.57 Å². The predicted molar refractivity (Wildman–Crippen MR) is 104 cm³/mol. The number of thioether (sulfide) groups is 1. The normalized spacial score (nSPS) is 11.7. The Morgan fingerprint density at radius 3 is 2.41 bits per heavy atom. The summed E-state index contributed by atoms with van der Waals surface area (Å²) in [6, 6.07) is 13.3. The summed E-state index contributed by atoms with van der Waals surface area (Å²) in [5, 5.41) is 9.50. The molecule has 0 unspecified atom stereocenters. The summed E-state index contributed by atoms with van der Waals surface area (Å²) in [7, 11) is -3.39. The third-order valence-electron chi connectivity index (χ3n) is 3.56. The monoisotopic (exact) mass is 426 g/mol. The van der Waals surface area contributed by atoms with Crippen LogP contribution in [0, 0.1) is 5.82 Å². The molecule has 0 aliphatic carbocycles. The molecular weight excluding hydrogens is 411 g/mol. The van der Waals surface area contributed by atoms with Gasteiger partial charge in [0.15, 0.2) is 11.0 Å². The van der Waals surface area contributed by atoms with Crippen molar-refractivity contribution in [2.24, 2.45) is 0 Å². The largest absolute Gasteiger partial charge is 0.273 e. The van der Waals surface area contributed by atoms with Gasteiger partial charge >= 0.3 is 0 Å². The Labute approximate surface area is 165 Å². The summed E-state index contributed by atoms with van der Waals surface area (Å²) in [5.41, 5.74) is 1.69. The zero-order chi connectivity index (χ0) is 19.4. The van der Waals surface area contributed by atoms with Gasteiger partial charge in [-0.05, 0) is 42.0 Å². The first kappa shape index (κ1) is 19.8. The Morgan fingerprint density at radius 1 is 1.11 bits per heavy atom. The van der Waals surface area contributed by atoms with E-state index < -0.39 is 10.0 Å². The van der Waals surface area contributed by atoms with Crippen LogP contribution in [-0.4, -0.2) is 29.4 Å². The molecule has 1 N–H and O–H groups in total. The average Bonchev–Trinajstić information content (AvgIpc) is 3.02. The van der Waals surface area contributed by atoms with E-state index in [-0.39, 0.29) is 12.4 Å². The van der Waals surface area contributed by atoms with Gasteiger partial charge in [0, 0.05) is 16.5 Å². The second-order valence-electron chi connectivity index (χ2n) is 5.72. The summed E-state index contributed by atoms with van der Waals surface area (Å²) < 4.78 is 40.2. The van der Waals surface area contributed by atoms with Crippen molar-refractivity contribution < 1.29 is 12.8 Å². The Balaban J connectivity index is 1.89. The Morgan fingerprint density at radius 2 is 1.78 bits per heavy atom. The molecule has 3 rings (SSSR count). The van der Waals surface area contributed by atoms with Gasteiger partial charge in [-0.15, -0.1) is 10.2 Å². The van der Waals surface area contributed by atoms with Gasteiger partial charge in [0.25, 0.3) is 0 Å². The molecule has 0 radical (unpaired) electrons. The first-order valence-corrected chi connectivity index (χ1v) is 11.1. The lowest BCUT2D eigenvalue weighted by Gasteiger charge is -2.10. The van der Waals surface area contributed by atoms with E-state index in [9.17, 15) is 12.8 Å².